The number of ketones is 1. The first-order valence-electron chi connectivity index (χ1n) is 10.9. The van der Waals surface area contributed by atoms with E-state index in [1.165, 1.54) is 10.6 Å². The van der Waals surface area contributed by atoms with Crippen molar-refractivity contribution in [1.82, 2.24) is 4.98 Å². The van der Waals surface area contributed by atoms with Gasteiger partial charge >= 0.3 is 5.97 Å². The normalized spacial score (nSPS) is 13.8. The van der Waals surface area contributed by atoms with Crippen molar-refractivity contribution in [3.05, 3.63) is 70.9 Å². The molecule has 2 aromatic carbocycles. The number of sulfonamides is 1. The molecule has 0 bridgehead atoms. The van der Waals surface area contributed by atoms with Gasteiger partial charge in [0, 0.05) is 23.2 Å². The minimum absolute atomic E-state index is 0.129. The quantitative estimate of drug-likeness (QED) is 0.401. The summed E-state index contributed by atoms with van der Waals surface area (Å²) in [5.74, 6) is -0.792. The largest absolute Gasteiger partial charge is 0.454 e. The van der Waals surface area contributed by atoms with Crippen LogP contribution in [0.2, 0.25) is 0 Å². The van der Waals surface area contributed by atoms with Gasteiger partial charge in [-0.2, -0.15) is 0 Å². The summed E-state index contributed by atoms with van der Waals surface area (Å²) in [5.41, 5.74) is 3.64. The standard InChI is InChI=1S/C25H26N2O5S/c1-16(2)22-14-20(19-8-4-5-9-21(19)26-22)25(29)32-15-24(28)18-10-11-23-17(13-18)7-6-12-27(23)33(3,30)31/h4-5,8-11,13-14,16H,6-7,12,15H2,1-3H3. The molecule has 2 heterocycles. The van der Waals surface area contributed by atoms with Crippen LogP contribution in [0.15, 0.2) is 48.5 Å². The maximum Gasteiger partial charge on any atom is 0.339 e. The summed E-state index contributed by atoms with van der Waals surface area (Å²) < 4.78 is 30.8. The van der Waals surface area contributed by atoms with Gasteiger partial charge in [-0.1, -0.05) is 32.0 Å². The summed E-state index contributed by atoms with van der Waals surface area (Å²) in [6.07, 6.45) is 2.54. The predicted molar refractivity (Wildman–Crippen MR) is 127 cm³/mol. The first-order chi connectivity index (χ1) is 15.6. The molecular weight excluding hydrogens is 440 g/mol. The summed E-state index contributed by atoms with van der Waals surface area (Å²) in [6, 6.07) is 14.0. The molecule has 8 heteroatoms. The molecule has 0 fully saturated rings. The third kappa shape index (κ3) is 4.75. The fourth-order valence-electron chi connectivity index (χ4n) is 4.03. The Morgan fingerprint density at radius 1 is 1.12 bits per heavy atom. The number of hydrogen-bond donors (Lipinski definition) is 0. The summed E-state index contributed by atoms with van der Waals surface area (Å²) >= 11 is 0. The van der Waals surface area contributed by atoms with E-state index in [4.69, 9.17) is 4.74 Å². The molecule has 0 atom stereocenters. The second kappa shape index (κ2) is 8.94. The Morgan fingerprint density at radius 2 is 1.88 bits per heavy atom. The van der Waals surface area contributed by atoms with E-state index in [0.29, 0.717) is 47.1 Å². The van der Waals surface area contributed by atoms with Crippen molar-refractivity contribution in [2.24, 2.45) is 0 Å². The number of para-hydroxylation sites is 1. The molecule has 33 heavy (non-hydrogen) atoms. The summed E-state index contributed by atoms with van der Waals surface area (Å²) in [7, 11) is -3.38. The topological polar surface area (TPSA) is 93.6 Å². The molecule has 3 aromatic rings. The first-order valence-corrected chi connectivity index (χ1v) is 12.7. The maximum absolute atomic E-state index is 12.9. The van der Waals surface area contributed by atoms with Crippen LogP contribution < -0.4 is 4.31 Å². The molecule has 1 aromatic heterocycles. The van der Waals surface area contributed by atoms with Crippen LogP contribution >= 0.6 is 0 Å². The number of carbonyl (C=O) groups is 2. The smallest absolute Gasteiger partial charge is 0.339 e. The molecule has 0 unspecified atom stereocenters. The highest BCUT2D eigenvalue weighted by molar-refractivity contribution is 7.92. The number of anilines is 1. The number of hydrogen-bond acceptors (Lipinski definition) is 6. The van der Waals surface area contributed by atoms with Crippen molar-refractivity contribution in [2.75, 3.05) is 23.7 Å². The zero-order valence-corrected chi connectivity index (χ0v) is 19.7. The van der Waals surface area contributed by atoms with Crippen molar-refractivity contribution in [3.8, 4) is 0 Å². The van der Waals surface area contributed by atoms with Gasteiger partial charge in [0.1, 0.15) is 0 Å². The van der Waals surface area contributed by atoms with Gasteiger partial charge in [0.15, 0.2) is 12.4 Å². The van der Waals surface area contributed by atoms with E-state index in [-0.39, 0.29) is 11.7 Å². The molecule has 0 N–H and O–H groups in total. The fraction of sp³-hybridized carbons (Fsp3) is 0.320. The molecule has 0 aliphatic carbocycles. The second-order valence-corrected chi connectivity index (χ2v) is 10.5. The number of pyridine rings is 1. The Kier molecular flexibility index (Phi) is 6.21. The van der Waals surface area contributed by atoms with E-state index in [9.17, 15) is 18.0 Å². The van der Waals surface area contributed by atoms with Gasteiger partial charge in [0.05, 0.1) is 23.0 Å². The number of esters is 1. The van der Waals surface area contributed by atoms with Crippen LogP contribution in [0.4, 0.5) is 5.69 Å². The molecule has 0 saturated heterocycles. The predicted octanol–water partition coefficient (Wildman–Crippen LogP) is 4.11. The second-order valence-electron chi connectivity index (χ2n) is 8.55. The first kappa shape index (κ1) is 22.9. The molecule has 172 valence electrons. The molecule has 0 amide bonds. The number of aromatic nitrogens is 1. The number of carbonyl (C=O) groups excluding carboxylic acids is 2. The Balaban J connectivity index is 1.54. The number of aryl methyl sites for hydroxylation is 1. The summed E-state index contributed by atoms with van der Waals surface area (Å²) in [6.45, 7) is 4.02. The van der Waals surface area contributed by atoms with Crippen LogP contribution in [0, 0.1) is 0 Å². The monoisotopic (exact) mass is 466 g/mol. The number of nitrogens with zero attached hydrogens (tertiary/aromatic N) is 2. The lowest BCUT2D eigenvalue weighted by Gasteiger charge is -2.29. The van der Waals surface area contributed by atoms with Crippen molar-refractivity contribution < 1.29 is 22.7 Å². The Morgan fingerprint density at radius 3 is 2.61 bits per heavy atom. The van der Waals surface area contributed by atoms with E-state index in [2.05, 4.69) is 4.98 Å². The lowest BCUT2D eigenvalue weighted by molar-refractivity contribution is 0.0476. The van der Waals surface area contributed by atoms with E-state index in [1.54, 1.807) is 24.3 Å². The molecule has 7 nitrogen and oxygen atoms in total. The van der Waals surface area contributed by atoms with Gasteiger partial charge in [0.25, 0.3) is 0 Å². The number of ether oxygens (including phenoxy) is 1. The van der Waals surface area contributed by atoms with Gasteiger partial charge in [-0.05, 0) is 54.7 Å². The van der Waals surface area contributed by atoms with Crippen molar-refractivity contribution >= 4 is 38.4 Å². The van der Waals surface area contributed by atoms with E-state index in [0.717, 1.165) is 11.3 Å². The van der Waals surface area contributed by atoms with Gasteiger partial charge in [-0.3, -0.25) is 14.1 Å². The van der Waals surface area contributed by atoms with Crippen LogP contribution in [-0.4, -0.2) is 44.6 Å². The van der Waals surface area contributed by atoms with Crippen molar-refractivity contribution in [2.45, 2.75) is 32.6 Å². The van der Waals surface area contributed by atoms with Crippen LogP contribution in [0.25, 0.3) is 10.9 Å². The average molecular weight is 467 g/mol. The van der Waals surface area contributed by atoms with Crippen LogP contribution in [-0.2, 0) is 21.2 Å². The number of rotatable bonds is 6. The molecule has 0 saturated carbocycles. The molecule has 0 spiro atoms. The van der Waals surface area contributed by atoms with Gasteiger partial charge in [-0.25, -0.2) is 13.2 Å². The lowest BCUT2D eigenvalue weighted by atomic mass is 9.99. The fourth-order valence-corrected chi connectivity index (χ4v) is 5.03. The summed E-state index contributed by atoms with van der Waals surface area (Å²) in [4.78, 5) is 30.2. The maximum atomic E-state index is 12.9. The lowest BCUT2D eigenvalue weighted by Crippen LogP contribution is -2.34. The highest BCUT2D eigenvalue weighted by Crippen LogP contribution is 2.30. The van der Waals surface area contributed by atoms with Crippen LogP contribution in [0.5, 0.6) is 0 Å². The van der Waals surface area contributed by atoms with Gasteiger partial charge in [-0.15, -0.1) is 0 Å². The van der Waals surface area contributed by atoms with Crippen LogP contribution in [0.1, 0.15) is 58.2 Å². The molecule has 4 rings (SSSR count). The average Bonchev–Trinajstić information content (AvgIpc) is 2.80. The summed E-state index contributed by atoms with van der Waals surface area (Å²) in [5, 5.41) is 0.675. The molecule has 1 aliphatic rings. The Bertz CT molecular complexity index is 1350. The van der Waals surface area contributed by atoms with Crippen molar-refractivity contribution in [3.63, 3.8) is 0 Å². The van der Waals surface area contributed by atoms with Gasteiger partial charge < -0.3 is 4.74 Å². The zero-order valence-electron chi connectivity index (χ0n) is 18.9. The van der Waals surface area contributed by atoms with E-state index >= 15 is 0 Å². The Labute approximate surface area is 193 Å². The highest BCUT2D eigenvalue weighted by atomic mass is 32.2. The molecule has 0 radical (unpaired) electrons. The molecule has 1 aliphatic heterocycles. The number of benzene rings is 2. The highest BCUT2D eigenvalue weighted by Gasteiger charge is 2.25. The Hall–Kier alpha value is -3.26. The number of fused-ring (bicyclic) bond motifs is 2. The third-order valence-corrected chi connectivity index (χ3v) is 6.94. The minimum Gasteiger partial charge on any atom is -0.454 e. The number of Topliss-reactive ketones (excluding diaryl/α,β-unsaturated/α-hetero) is 1. The van der Waals surface area contributed by atoms with E-state index < -0.39 is 22.6 Å². The van der Waals surface area contributed by atoms with Gasteiger partial charge in [0.2, 0.25) is 10.0 Å². The minimum atomic E-state index is -3.38. The third-order valence-electron chi connectivity index (χ3n) is 5.76. The van der Waals surface area contributed by atoms with Crippen molar-refractivity contribution in [1.29, 1.82) is 0 Å². The molecular formula is C25H26N2O5S. The van der Waals surface area contributed by atoms with Crippen LogP contribution in [0.3, 0.4) is 0 Å². The zero-order chi connectivity index (χ0) is 23.8. The van der Waals surface area contributed by atoms with E-state index in [1.807, 2.05) is 38.1 Å². The SMILES string of the molecule is CC(C)c1cc(C(=O)OCC(=O)c2ccc3c(c2)CCCN3S(C)(=O)=O)c2ccccc2n1.